The highest BCUT2D eigenvalue weighted by molar-refractivity contribution is 5.97. The lowest BCUT2D eigenvalue weighted by molar-refractivity contribution is -0.137. The highest BCUT2D eigenvalue weighted by atomic mass is 19.2. The molecule has 2 aliphatic heterocycles. The number of amides is 2. The Balaban J connectivity index is 1.67. The molecular formula is C30H34F2N6O5. The number of benzene rings is 1. The highest BCUT2D eigenvalue weighted by Crippen LogP contribution is 2.35. The van der Waals surface area contributed by atoms with Gasteiger partial charge >= 0.3 is 5.97 Å². The van der Waals surface area contributed by atoms with E-state index in [4.69, 9.17) is 0 Å². The Labute approximate surface area is 247 Å². The summed E-state index contributed by atoms with van der Waals surface area (Å²) < 4.78 is 31.6. The number of aryl methyl sites for hydroxylation is 1. The summed E-state index contributed by atoms with van der Waals surface area (Å²) in [5.41, 5.74) is -0.255. The summed E-state index contributed by atoms with van der Waals surface area (Å²) in [4.78, 5) is 52.6. The molecule has 2 amide bonds. The minimum Gasteiger partial charge on any atom is -0.481 e. The van der Waals surface area contributed by atoms with Gasteiger partial charge in [-0.3, -0.25) is 19.2 Å². The first-order valence-electron chi connectivity index (χ1n) is 13.7. The number of carbonyl (C=O) groups is 3. The van der Waals surface area contributed by atoms with Crippen LogP contribution in [0.2, 0.25) is 0 Å². The third-order valence-corrected chi connectivity index (χ3v) is 7.34. The Morgan fingerprint density at radius 1 is 1.14 bits per heavy atom. The number of likely N-dealkylation sites (N-methyl/N-ethyl adjacent to an activating group) is 1. The maximum Gasteiger partial charge on any atom is 0.305 e. The van der Waals surface area contributed by atoms with Crippen molar-refractivity contribution in [3.05, 3.63) is 87.5 Å². The van der Waals surface area contributed by atoms with E-state index in [2.05, 4.69) is 15.7 Å². The van der Waals surface area contributed by atoms with Crippen molar-refractivity contribution in [3.63, 3.8) is 0 Å². The number of nitrogens with zero attached hydrogens (tertiary/aromatic N) is 4. The van der Waals surface area contributed by atoms with Crippen LogP contribution in [0.3, 0.4) is 0 Å². The van der Waals surface area contributed by atoms with Crippen LogP contribution in [0.5, 0.6) is 0 Å². The number of rotatable bonds is 10. The van der Waals surface area contributed by atoms with Crippen LogP contribution in [0.4, 0.5) is 8.78 Å². The van der Waals surface area contributed by atoms with E-state index in [1.165, 1.54) is 36.0 Å². The fourth-order valence-corrected chi connectivity index (χ4v) is 5.10. The summed E-state index contributed by atoms with van der Waals surface area (Å²) in [6.45, 7) is 5.42. The Morgan fingerprint density at radius 3 is 2.53 bits per heavy atom. The molecule has 0 aliphatic carbocycles. The molecule has 228 valence electrons. The van der Waals surface area contributed by atoms with Gasteiger partial charge in [-0.25, -0.2) is 13.8 Å². The number of halogens is 2. The molecular weight excluding hydrogens is 562 g/mol. The second-order valence-electron chi connectivity index (χ2n) is 11.0. The zero-order chi connectivity index (χ0) is 31.6. The van der Waals surface area contributed by atoms with Crippen LogP contribution in [0.25, 0.3) is 5.57 Å². The molecule has 43 heavy (non-hydrogen) atoms. The molecule has 3 heterocycles. The molecule has 4 rings (SSSR count). The number of hydrogen-bond acceptors (Lipinski definition) is 7. The molecule has 0 bridgehead atoms. The lowest BCUT2D eigenvalue weighted by atomic mass is 9.93. The average molecular weight is 597 g/mol. The smallest absolute Gasteiger partial charge is 0.305 e. The number of aliphatic carboxylic acids is 1. The number of hydrogen-bond donors (Lipinski definition) is 3. The van der Waals surface area contributed by atoms with Gasteiger partial charge in [0.25, 0.3) is 11.5 Å². The average Bonchev–Trinajstić information content (AvgIpc) is 3.23. The van der Waals surface area contributed by atoms with Gasteiger partial charge in [0, 0.05) is 37.6 Å². The minimum absolute atomic E-state index is 0.103. The Hall–Kier alpha value is -4.81. The summed E-state index contributed by atoms with van der Waals surface area (Å²) in [6.07, 6.45) is 5.59. The zero-order valence-electron chi connectivity index (χ0n) is 24.5. The van der Waals surface area contributed by atoms with Crippen molar-refractivity contribution < 1.29 is 28.3 Å². The second kappa shape index (κ2) is 12.6. The van der Waals surface area contributed by atoms with Crippen molar-refractivity contribution in [3.8, 4) is 0 Å². The molecule has 13 heteroatoms. The van der Waals surface area contributed by atoms with Crippen LogP contribution in [0, 0.1) is 17.6 Å². The summed E-state index contributed by atoms with van der Waals surface area (Å²) in [7, 11) is 3.28. The summed E-state index contributed by atoms with van der Waals surface area (Å²) >= 11 is 0. The molecule has 3 N–H and O–H groups in total. The van der Waals surface area contributed by atoms with Gasteiger partial charge in [-0.2, -0.15) is 5.10 Å². The molecule has 0 radical (unpaired) electrons. The highest BCUT2D eigenvalue weighted by Gasteiger charge is 2.35. The van der Waals surface area contributed by atoms with Crippen LogP contribution in [-0.2, 0) is 16.6 Å². The van der Waals surface area contributed by atoms with Gasteiger partial charge in [0.05, 0.1) is 12.5 Å². The lowest BCUT2D eigenvalue weighted by Crippen LogP contribution is -2.49. The third kappa shape index (κ3) is 6.65. The van der Waals surface area contributed by atoms with Crippen molar-refractivity contribution in [2.45, 2.75) is 51.9 Å². The quantitative estimate of drug-likeness (QED) is 0.384. The van der Waals surface area contributed by atoms with E-state index >= 15 is 8.78 Å². The van der Waals surface area contributed by atoms with Crippen molar-refractivity contribution in [1.29, 1.82) is 0 Å². The molecule has 3 atom stereocenters. The number of pyridine rings is 1. The summed E-state index contributed by atoms with van der Waals surface area (Å²) in [5, 5.41) is 20.8. The molecule has 1 aromatic heterocycles. The van der Waals surface area contributed by atoms with Gasteiger partial charge < -0.3 is 25.2 Å². The van der Waals surface area contributed by atoms with Gasteiger partial charge in [0.15, 0.2) is 11.6 Å². The molecule has 0 saturated heterocycles. The van der Waals surface area contributed by atoms with Gasteiger partial charge in [0.1, 0.15) is 23.6 Å². The topological polar surface area (TPSA) is 136 Å². The maximum absolute atomic E-state index is 15.3. The third-order valence-electron chi connectivity index (χ3n) is 7.34. The number of aromatic nitrogens is 1. The van der Waals surface area contributed by atoms with E-state index in [1.807, 2.05) is 18.7 Å². The van der Waals surface area contributed by atoms with E-state index in [0.717, 1.165) is 6.07 Å². The number of allylic oxidation sites excluding steroid dienone is 2. The number of nitrogens with one attached hydrogen (secondary N) is 2. The van der Waals surface area contributed by atoms with Crippen LogP contribution in [0.15, 0.2) is 58.7 Å². The first-order valence-corrected chi connectivity index (χ1v) is 13.7. The minimum atomic E-state index is -1.48. The molecule has 2 aromatic rings. The zero-order valence-corrected chi connectivity index (χ0v) is 24.5. The maximum atomic E-state index is 15.3. The number of amidine groups is 1. The molecule has 0 spiro atoms. The Bertz CT molecular complexity index is 1600. The number of hydrazone groups is 1. The lowest BCUT2D eigenvalue weighted by Gasteiger charge is -2.31. The SMILES string of the molecule is CC1=NN2C=CC=C(c3cc(F)c(F)c([C@H](CC(=O)O)NC(=O)[C@H](CC(C)C)NC(=O)c4cccn(C)c4=O)c3)C2N1C. The molecule has 11 nitrogen and oxygen atoms in total. The first-order chi connectivity index (χ1) is 20.3. The number of carboxylic acid groups (broad SMARTS) is 1. The van der Waals surface area contributed by atoms with Gasteiger partial charge in [0.2, 0.25) is 5.91 Å². The summed E-state index contributed by atoms with van der Waals surface area (Å²) in [5.74, 6) is -4.89. The standard InChI is InChI=1S/C30H34F2N6O5/c1-16(2)12-24(34-27(41)20-9-6-10-36(4)30(20)43)28(42)33-23(15-25(39)40)21-13-18(14-22(31)26(21)32)19-8-7-11-38-29(19)37(5)17(3)35-38/h6-11,13-14,16,23-24,29H,12,15H2,1-5H3,(H,33,42)(H,34,41)(H,39,40)/t23-,24-,29?/m0/s1. The second-order valence-corrected chi connectivity index (χ2v) is 11.0. The van der Waals surface area contributed by atoms with E-state index in [0.29, 0.717) is 11.4 Å². The fourth-order valence-electron chi connectivity index (χ4n) is 5.10. The van der Waals surface area contributed by atoms with Gasteiger partial charge in [-0.15, -0.1) is 0 Å². The van der Waals surface area contributed by atoms with Crippen molar-refractivity contribution in [1.82, 2.24) is 25.1 Å². The molecule has 2 aliphatic rings. The number of fused-ring (bicyclic) bond motifs is 1. The predicted octanol–water partition coefficient (Wildman–Crippen LogP) is 2.96. The molecule has 1 unspecified atom stereocenters. The molecule has 1 aromatic carbocycles. The largest absolute Gasteiger partial charge is 0.481 e. The summed E-state index contributed by atoms with van der Waals surface area (Å²) in [6, 6.07) is 2.49. The van der Waals surface area contributed by atoms with Crippen molar-refractivity contribution in [2.24, 2.45) is 18.1 Å². The molecule has 0 fully saturated rings. The van der Waals surface area contributed by atoms with E-state index < -0.39 is 59.6 Å². The van der Waals surface area contributed by atoms with Crippen LogP contribution in [0.1, 0.15) is 61.1 Å². The van der Waals surface area contributed by atoms with Crippen LogP contribution >= 0.6 is 0 Å². The molecule has 0 saturated carbocycles. The van der Waals surface area contributed by atoms with Crippen molar-refractivity contribution in [2.75, 3.05) is 7.05 Å². The Morgan fingerprint density at radius 2 is 1.86 bits per heavy atom. The van der Waals surface area contributed by atoms with E-state index in [1.54, 1.807) is 37.3 Å². The first kappa shape index (κ1) is 31.1. The van der Waals surface area contributed by atoms with E-state index in [-0.39, 0.29) is 29.0 Å². The van der Waals surface area contributed by atoms with Crippen molar-refractivity contribution >= 4 is 29.2 Å². The van der Waals surface area contributed by atoms with Gasteiger partial charge in [-0.1, -0.05) is 19.9 Å². The predicted molar refractivity (Wildman–Crippen MR) is 156 cm³/mol. The van der Waals surface area contributed by atoms with Crippen LogP contribution < -0.4 is 16.2 Å². The Kier molecular flexibility index (Phi) is 9.12. The van der Waals surface area contributed by atoms with Crippen LogP contribution in [-0.4, -0.2) is 62.5 Å². The number of carbonyl (C=O) groups excluding carboxylic acids is 2. The fraction of sp³-hybridized carbons (Fsp3) is 0.367. The van der Waals surface area contributed by atoms with Gasteiger partial charge in [-0.05, 0) is 55.2 Å². The number of carboxylic acids is 1. The monoisotopic (exact) mass is 596 g/mol. The normalized spacial score (nSPS) is 17.3. The van der Waals surface area contributed by atoms with E-state index in [9.17, 15) is 24.3 Å².